The first-order valence-electron chi connectivity index (χ1n) is 10.1. The molecule has 1 amide bonds. The first kappa shape index (κ1) is 21.8. The van der Waals surface area contributed by atoms with Crippen molar-refractivity contribution in [2.45, 2.75) is 37.6 Å². The van der Waals surface area contributed by atoms with Gasteiger partial charge in [-0.25, -0.2) is 4.98 Å². The predicted molar refractivity (Wildman–Crippen MR) is 122 cm³/mol. The van der Waals surface area contributed by atoms with Gasteiger partial charge in [0.15, 0.2) is 5.16 Å². The number of carbonyl (C=O) groups is 1. The van der Waals surface area contributed by atoms with Crippen LogP contribution in [0.25, 0.3) is 0 Å². The Hall–Kier alpha value is -2.86. The van der Waals surface area contributed by atoms with E-state index in [0.717, 1.165) is 28.8 Å². The van der Waals surface area contributed by atoms with Crippen LogP contribution in [0.2, 0.25) is 0 Å². The van der Waals surface area contributed by atoms with Crippen molar-refractivity contribution < 1.29 is 4.79 Å². The number of nitrogens with zero attached hydrogens (tertiary/aromatic N) is 2. The van der Waals surface area contributed by atoms with Gasteiger partial charge in [-0.05, 0) is 36.6 Å². The van der Waals surface area contributed by atoms with E-state index in [-0.39, 0.29) is 11.5 Å². The monoisotopic (exact) mass is 421 g/mol. The SMILES string of the molecule is CCCNC(=O)c1cccc(CSc2nc(C)c(Cc3ccccc3)c(=O)n2C)c1. The minimum Gasteiger partial charge on any atom is -0.352 e. The number of thioether (sulfide) groups is 1. The van der Waals surface area contributed by atoms with Crippen LogP contribution in [0, 0.1) is 6.92 Å². The molecule has 1 heterocycles. The van der Waals surface area contributed by atoms with Gasteiger partial charge in [0, 0.05) is 42.6 Å². The Labute approximate surface area is 181 Å². The van der Waals surface area contributed by atoms with Crippen molar-refractivity contribution in [2.24, 2.45) is 7.05 Å². The topological polar surface area (TPSA) is 64.0 Å². The van der Waals surface area contributed by atoms with Crippen LogP contribution < -0.4 is 10.9 Å². The van der Waals surface area contributed by atoms with Crippen molar-refractivity contribution in [2.75, 3.05) is 6.54 Å². The molecule has 0 unspecified atom stereocenters. The number of amides is 1. The van der Waals surface area contributed by atoms with Gasteiger partial charge in [0.05, 0.1) is 0 Å². The highest BCUT2D eigenvalue weighted by molar-refractivity contribution is 7.98. The second-order valence-corrected chi connectivity index (χ2v) is 8.17. The normalized spacial score (nSPS) is 10.8. The van der Waals surface area contributed by atoms with Crippen LogP contribution in [0.3, 0.4) is 0 Å². The maximum absolute atomic E-state index is 12.9. The summed E-state index contributed by atoms with van der Waals surface area (Å²) in [5, 5.41) is 3.57. The summed E-state index contributed by atoms with van der Waals surface area (Å²) in [5.41, 5.74) is 4.24. The lowest BCUT2D eigenvalue weighted by atomic mass is 10.1. The van der Waals surface area contributed by atoms with Gasteiger partial charge in [-0.3, -0.25) is 14.2 Å². The van der Waals surface area contributed by atoms with E-state index < -0.39 is 0 Å². The molecule has 3 aromatic rings. The molecule has 3 rings (SSSR count). The van der Waals surface area contributed by atoms with Crippen LogP contribution in [-0.4, -0.2) is 22.0 Å². The van der Waals surface area contributed by atoms with Crippen molar-refractivity contribution in [1.82, 2.24) is 14.9 Å². The van der Waals surface area contributed by atoms with Gasteiger partial charge < -0.3 is 5.32 Å². The average molecular weight is 422 g/mol. The van der Waals surface area contributed by atoms with E-state index in [1.807, 2.05) is 68.4 Å². The lowest BCUT2D eigenvalue weighted by Crippen LogP contribution is -2.25. The average Bonchev–Trinajstić information content (AvgIpc) is 2.77. The fraction of sp³-hybridized carbons (Fsp3) is 0.292. The Kier molecular flexibility index (Phi) is 7.46. The van der Waals surface area contributed by atoms with Crippen LogP contribution in [0.1, 0.15) is 46.1 Å². The Balaban J connectivity index is 1.75. The van der Waals surface area contributed by atoms with E-state index in [0.29, 0.717) is 29.4 Å². The Morgan fingerprint density at radius 3 is 2.57 bits per heavy atom. The molecule has 156 valence electrons. The molecule has 0 fully saturated rings. The summed E-state index contributed by atoms with van der Waals surface area (Å²) in [6, 6.07) is 17.5. The molecule has 0 spiro atoms. The van der Waals surface area contributed by atoms with E-state index in [1.165, 1.54) is 11.8 Å². The summed E-state index contributed by atoms with van der Waals surface area (Å²) >= 11 is 1.50. The number of rotatable bonds is 8. The zero-order chi connectivity index (χ0) is 21.5. The van der Waals surface area contributed by atoms with Crippen LogP contribution in [0.4, 0.5) is 0 Å². The second-order valence-electron chi connectivity index (χ2n) is 7.23. The zero-order valence-electron chi connectivity index (χ0n) is 17.6. The first-order chi connectivity index (χ1) is 14.5. The van der Waals surface area contributed by atoms with Crippen molar-refractivity contribution in [3.05, 3.63) is 92.9 Å². The highest BCUT2D eigenvalue weighted by Gasteiger charge is 2.13. The molecule has 1 aromatic heterocycles. The van der Waals surface area contributed by atoms with Gasteiger partial charge in [0.2, 0.25) is 0 Å². The summed E-state index contributed by atoms with van der Waals surface area (Å²) in [4.78, 5) is 29.8. The van der Waals surface area contributed by atoms with Crippen LogP contribution in [-0.2, 0) is 19.2 Å². The minimum absolute atomic E-state index is 0.0125. The Morgan fingerprint density at radius 1 is 1.10 bits per heavy atom. The molecule has 0 aliphatic carbocycles. The Morgan fingerprint density at radius 2 is 1.83 bits per heavy atom. The maximum atomic E-state index is 12.9. The van der Waals surface area contributed by atoms with E-state index in [4.69, 9.17) is 0 Å². The third-order valence-electron chi connectivity index (χ3n) is 4.87. The summed E-state index contributed by atoms with van der Waals surface area (Å²) < 4.78 is 1.62. The quantitative estimate of drug-likeness (QED) is 0.439. The van der Waals surface area contributed by atoms with Crippen molar-refractivity contribution in [3.63, 3.8) is 0 Å². The molecule has 0 bridgehead atoms. The molecule has 0 atom stereocenters. The molecule has 0 aliphatic heterocycles. The molecule has 1 N–H and O–H groups in total. The van der Waals surface area contributed by atoms with Crippen LogP contribution in [0.5, 0.6) is 0 Å². The van der Waals surface area contributed by atoms with Gasteiger partial charge in [-0.1, -0.05) is 61.2 Å². The fourth-order valence-corrected chi connectivity index (χ4v) is 4.11. The lowest BCUT2D eigenvalue weighted by Gasteiger charge is -2.12. The van der Waals surface area contributed by atoms with Gasteiger partial charge in [-0.2, -0.15) is 0 Å². The molecular formula is C24H27N3O2S. The van der Waals surface area contributed by atoms with Crippen molar-refractivity contribution >= 4 is 17.7 Å². The zero-order valence-corrected chi connectivity index (χ0v) is 18.5. The number of hydrogen-bond acceptors (Lipinski definition) is 4. The standard InChI is InChI=1S/C24H27N3O2S/c1-4-13-25-22(28)20-12-8-11-19(14-20)16-30-24-26-17(2)21(23(29)27(24)3)15-18-9-6-5-7-10-18/h5-12,14H,4,13,15-16H2,1-3H3,(H,25,28). The number of hydrogen-bond donors (Lipinski definition) is 1. The molecule has 0 radical (unpaired) electrons. The molecule has 0 saturated heterocycles. The van der Waals surface area contributed by atoms with E-state index in [1.54, 1.807) is 11.6 Å². The maximum Gasteiger partial charge on any atom is 0.257 e. The molecule has 0 saturated carbocycles. The highest BCUT2D eigenvalue weighted by Crippen LogP contribution is 2.22. The molecule has 30 heavy (non-hydrogen) atoms. The Bertz CT molecular complexity index is 1080. The number of nitrogens with one attached hydrogen (secondary N) is 1. The third kappa shape index (κ3) is 5.39. The molecule has 2 aromatic carbocycles. The van der Waals surface area contributed by atoms with E-state index >= 15 is 0 Å². The fourth-order valence-electron chi connectivity index (χ4n) is 3.15. The van der Waals surface area contributed by atoms with E-state index in [2.05, 4.69) is 10.3 Å². The van der Waals surface area contributed by atoms with Crippen LogP contribution >= 0.6 is 11.8 Å². The van der Waals surface area contributed by atoms with Gasteiger partial charge in [0.1, 0.15) is 0 Å². The first-order valence-corrected chi connectivity index (χ1v) is 11.1. The smallest absolute Gasteiger partial charge is 0.257 e. The minimum atomic E-state index is -0.0599. The predicted octanol–water partition coefficient (Wildman–Crippen LogP) is 4.11. The highest BCUT2D eigenvalue weighted by atomic mass is 32.2. The van der Waals surface area contributed by atoms with Crippen molar-refractivity contribution in [1.29, 1.82) is 0 Å². The number of benzene rings is 2. The number of aryl methyl sites for hydroxylation is 1. The number of aromatic nitrogens is 2. The largest absolute Gasteiger partial charge is 0.352 e. The molecule has 6 heteroatoms. The van der Waals surface area contributed by atoms with Gasteiger partial charge in [-0.15, -0.1) is 0 Å². The van der Waals surface area contributed by atoms with Crippen LogP contribution in [0.15, 0.2) is 64.5 Å². The molecular weight excluding hydrogens is 394 g/mol. The lowest BCUT2D eigenvalue weighted by molar-refractivity contribution is 0.0953. The molecule has 0 aliphatic rings. The van der Waals surface area contributed by atoms with Gasteiger partial charge in [0.25, 0.3) is 11.5 Å². The van der Waals surface area contributed by atoms with Crippen molar-refractivity contribution in [3.8, 4) is 0 Å². The summed E-state index contributed by atoms with van der Waals surface area (Å²) in [7, 11) is 1.76. The second kappa shape index (κ2) is 10.3. The summed E-state index contributed by atoms with van der Waals surface area (Å²) in [5.74, 6) is 0.572. The number of carbonyl (C=O) groups excluding carboxylic acids is 1. The summed E-state index contributed by atoms with van der Waals surface area (Å²) in [6.07, 6.45) is 1.48. The van der Waals surface area contributed by atoms with Gasteiger partial charge >= 0.3 is 0 Å². The summed E-state index contributed by atoms with van der Waals surface area (Å²) in [6.45, 7) is 4.58. The van der Waals surface area contributed by atoms with E-state index in [9.17, 15) is 9.59 Å². The third-order valence-corrected chi connectivity index (χ3v) is 5.97. The molecule has 5 nitrogen and oxygen atoms in total.